The highest BCUT2D eigenvalue weighted by atomic mass is 16.5. The van der Waals surface area contributed by atoms with Crippen molar-refractivity contribution in [1.29, 1.82) is 0 Å². The molecule has 6 nitrogen and oxygen atoms in total. The first-order valence-corrected chi connectivity index (χ1v) is 11.6. The molecule has 1 aromatic carbocycles. The minimum Gasteiger partial charge on any atom is -0.497 e. The lowest BCUT2D eigenvalue weighted by Gasteiger charge is -2.59. The van der Waals surface area contributed by atoms with Crippen molar-refractivity contribution in [3.63, 3.8) is 0 Å². The van der Waals surface area contributed by atoms with Gasteiger partial charge < -0.3 is 19.2 Å². The van der Waals surface area contributed by atoms with Crippen molar-refractivity contribution in [1.82, 2.24) is 9.80 Å². The third-order valence-corrected chi connectivity index (χ3v) is 7.57. The summed E-state index contributed by atoms with van der Waals surface area (Å²) in [7, 11) is 3.53. The number of methoxy groups -OCH3 is 1. The molecule has 0 bridgehead atoms. The van der Waals surface area contributed by atoms with Crippen LogP contribution in [0, 0.1) is 0 Å². The Labute approximate surface area is 196 Å². The molecule has 0 spiro atoms. The van der Waals surface area contributed by atoms with Gasteiger partial charge in [0.25, 0.3) is 0 Å². The summed E-state index contributed by atoms with van der Waals surface area (Å²) in [5.41, 5.74) is 0.609. The molecule has 2 fully saturated rings. The van der Waals surface area contributed by atoms with Gasteiger partial charge in [-0.3, -0.25) is 9.69 Å². The number of amides is 1. The molecule has 4 rings (SSSR count). The molecule has 1 saturated carbocycles. The van der Waals surface area contributed by atoms with E-state index in [9.17, 15) is 9.90 Å². The number of likely N-dealkylation sites (tertiary alicyclic amines) is 1. The van der Waals surface area contributed by atoms with Crippen molar-refractivity contribution in [2.24, 2.45) is 0 Å². The van der Waals surface area contributed by atoms with Crippen LogP contribution in [-0.4, -0.2) is 66.2 Å². The molecule has 1 saturated heterocycles. The van der Waals surface area contributed by atoms with Crippen molar-refractivity contribution in [2.45, 2.75) is 42.7 Å². The minimum absolute atomic E-state index is 0.0314. The van der Waals surface area contributed by atoms with Crippen molar-refractivity contribution >= 4 is 12.0 Å². The fourth-order valence-corrected chi connectivity index (χ4v) is 5.66. The van der Waals surface area contributed by atoms with E-state index in [4.69, 9.17) is 9.15 Å². The van der Waals surface area contributed by atoms with E-state index in [0.29, 0.717) is 19.4 Å². The molecule has 0 unspecified atom stereocenters. The van der Waals surface area contributed by atoms with Gasteiger partial charge in [-0.15, -0.1) is 6.58 Å². The Balaban J connectivity index is 1.63. The predicted molar refractivity (Wildman–Crippen MR) is 129 cm³/mol. The summed E-state index contributed by atoms with van der Waals surface area (Å²) in [4.78, 5) is 17.1. The average molecular weight is 451 g/mol. The van der Waals surface area contributed by atoms with Gasteiger partial charge in [0.05, 0.1) is 25.2 Å². The number of hydrogen-bond acceptors (Lipinski definition) is 5. The summed E-state index contributed by atoms with van der Waals surface area (Å²) < 4.78 is 10.6. The molecule has 2 heterocycles. The van der Waals surface area contributed by atoms with Crippen LogP contribution in [0.5, 0.6) is 5.75 Å². The van der Waals surface area contributed by atoms with Gasteiger partial charge in [0.15, 0.2) is 0 Å². The number of fused-ring (bicyclic) bond motifs is 1. The number of benzene rings is 1. The van der Waals surface area contributed by atoms with Crippen LogP contribution in [0.1, 0.15) is 36.8 Å². The fraction of sp³-hybridized carbons (Fsp3) is 0.444. The molecule has 1 aliphatic carbocycles. The maximum atomic E-state index is 13.0. The van der Waals surface area contributed by atoms with Gasteiger partial charge >= 0.3 is 0 Å². The zero-order valence-corrected chi connectivity index (χ0v) is 19.6. The van der Waals surface area contributed by atoms with Crippen LogP contribution in [0.15, 0.2) is 66.0 Å². The lowest BCUT2D eigenvalue weighted by Crippen LogP contribution is -2.67. The number of carbonyl (C=O) groups is 1. The van der Waals surface area contributed by atoms with Crippen LogP contribution in [0.25, 0.3) is 6.08 Å². The van der Waals surface area contributed by atoms with Gasteiger partial charge in [0, 0.05) is 43.2 Å². The van der Waals surface area contributed by atoms with Crippen LogP contribution < -0.4 is 4.74 Å². The number of furan rings is 1. The molecule has 176 valence electrons. The van der Waals surface area contributed by atoms with Crippen LogP contribution in [-0.2, 0) is 10.2 Å². The Morgan fingerprint density at radius 2 is 2.24 bits per heavy atom. The number of hydrogen-bond donors (Lipinski definition) is 1. The zero-order valence-electron chi connectivity index (χ0n) is 19.6. The quantitative estimate of drug-likeness (QED) is 0.512. The minimum atomic E-state index is -0.881. The van der Waals surface area contributed by atoms with Gasteiger partial charge in [0.1, 0.15) is 5.75 Å². The lowest BCUT2D eigenvalue weighted by atomic mass is 9.55. The summed E-state index contributed by atoms with van der Waals surface area (Å²) in [6, 6.07) is 9.92. The average Bonchev–Trinajstić information content (AvgIpc) is 3.35. The second kappa shape index (κ2) is 9.57. The van der Waals surface area contributed by atoms with E-state index >= 15 is 0 Å². The SMILES string of the molecule is C=CCN1CC[C@@]2(c3cccc(OC)c3)C[C@@H](N(C)C(=O)/C=C/c3ccoc3)CC[C@]2(O)C1. The Morgan fingerprint density at radius 1 is 1.39 bits per heavy atom. The first-order chi connectivity index (χ1) is 15.9. The summed E-state index contributed by atoms with van der Waals surface area (Å²) in [6.07, 6.45) is 11.4. The smallest absolute Gasteiger partial charge is 0.246 e. The van der Waals surface area contributed by atoms with E-state index in [1.54, 1.807) is 31.8 Å². The number of carbonyl (C=O) groups excluding carboxylic acids is 1. The lowest BCUT2D eigenvalue weighted by molar-refractivity contribution is -0.143. The monoisotopic (exact) mass is 450 g/mol. The second-order valence-electron chi connectivity index (χ2n) is 9.36. The summed E-state index contributed by atoms with van der Waals surface area (Å²) in [6.45, 7) is 6.10. The number of likely N-dealkylation sites (N-methyl/N-ethyl adjacent to an activating group) is 1. The van der Waals surface area contributed by atoms with Crippen LogP contribution in [0.3, 0.4) is 0 Å². The molecule has 6 heteroatoms. The van der Waals surface area contributed by atoms with E-state index in [1.807, 2.05) is 36.2 Å². The highest BCUT2D eigenvalue weighted by Gasteiger charge is 2.58. The Kier molecular flexibility index (Phi) is 6.77. The molecular formula is C27H34N2O4. The number of aliphatic hydroxyl groups is 1. The number of β-amino-alcohol motifs (C(OH)–C–C–N with tert-alkyl or cyclic N) is 1. The molecule has 1 aliphatic heterocycles. The number of nitrogens with zero attached hydrogens (tertiary/aromatic N) is 2. The van der Waals surface area contributed by atoms with Crippen molar-refractivity contribution in [3.05, 3.63) is 72.7 Å². The van der Waals surface area contributed by atoms with E-state index in [-0.39, 0.29) is 11.9 Å². The molecule has 2 aromatic rings. The van der Waals surface area contributed by atoms with E-state index in [1.165, 1.54) is 0 Å². The Hall–Kier alpha value is -2.83. The third kappa shape index (κ3) is 4.50. The van der Waals surface area contributed by atoms with Crippen molar-refractivity contribution < 1.29 is 19.1 Å². The summed E-state index contributed by atoms with van der Waals surface area (Å²) in [5.74, 6) is 0.740. The molecule has 1 aromatic heterocycles. The third-order valence-electron chi connectivity index (χ3n) is 7.57. The first kappa shape index (κ1) is 23.3. The molecule has 1 amide bonds. The van der Waals surface area contributed by atoms with Crippen LogP contribution in [0.4, 0.5) is 0 Å². The van der Waals surface area contributed by atoms with Gasteiger partial charge in [-0.05, 0) is 62.1 Å². The Bertz CT molecular complexity index is 1000. The predicted octanol–water partition coefficient (Wildman–Crippen LogP) is 3.87. The van der Waals surface area contributed by atoms with Gasteiger partial charge in [-0.2, -0.15) is 0 Å². The number of ether oxygens (including phenoxy) is 1. The highest BCUT2D eigenvalue weighted by molar-refractivity contribution is 5.91. The molecule has 2 aliphatic rings. The summed E-state index contributed by atoms with van der Waals surface area (Å²) >= 11 is 0. The summed E-state index contributed by atoms with van der Waals surface area (Å²) in [5, 5.41) is 12.1. The maximum absolute atomic E-state index is 13.0. The first-order valence-electron chi connectivity index (χ1n) is 11.6. The van der Waals surface area contributed by atoms with Crippen molar-refractivity contribution in [2.75, 3.05) is 33.8 Å². The van der Waals surface area contributed by atoms with E-state index in [0.717, 1.165) is 42.8 Å². The molecular weight excluding hydrogens is 416 g/mol. The normalized spacial score (nSPS) is 27.8. The van der Waals surface area contributed by atoms with Crippen LogP contribution in [0.2, 0.25) is 0 Å². The van der Waals surface area contributed by atoms with Crippen molar-refractivity contribution in [3.8, 4) is 5.75 Å². The number of rotatable bonds is 7. The molecule has 1 N–H and O–H groups in total. The van der Waals surface area contributed by atoms with Gasteiger partial charge in [-0.25, -0.2) is 0 Å². The highest BCUT2D eigenvalue weighted by Crippen LogP contribution is 2.52. The van der Waals surface area contributed by atoms with E-state index in [2.05, 4.69) is 23.6 Å². The topological polar surface area (TPSA) is 66.2 Å². The maximum Gasteiger partial charge on any atom is 0.246 e. The fourth-order valence-electron chi connectivity index (χ4n) is 5.66. The zero-order chi connectivity index (χ0) is 23.5. The molecule has 33 heavy (non-hydrogen) atoms. The number of piperidine rings is 1. The standard InChI is InChI=1S/C27H34N2O4/c1-4-14-29-15-13-26(22-6-5-7-24(17-22)32-3)18-23(10-12-27(26,31)20-29)28(2)25(30)9-8-21-11-16-33-19-21/h4-9,11,16-17,19,23,31H,1,10,12-15,18,20H2,2-3H3/b9-8+/t23-,26-,27-/m0/s1. The van der Waals surface area contributed by atoms with Gasteiger partial charge in [-0.1, -0.05) is 18.2 Å². The largest absolute Gasteiger partial charge is 0.497 e. The van der Waals surface area contributed by atoms with Gasteiger partial charge in [0.2, 0.25) is 5.91 Å². The van der Waals surface area contributed by atoms with Crippen LogP contribution >= 0.6 is 0 Å². The molecule has 3 atom stereocenters. The van der Waals surface area contributed by atoms with E-state index < -0.39 is 11.0 Å². The second-order valence-corrected chi connectivity index (χ2v) is 9.36. The Morgan fingerprint density at radius 3 is 2.97 bits per heavy atom. The molecule has 0 radical (unpaired) electrons.